The molecule has 0 aliphatic rings. The zero-order chi connectivity index (χ0) is 4.99. The summed E-state index contributed by atoms with van der Waals surface area (Å²) in [6.07, 6.45) is 1.22. The molecule has 0 amide bonds. The van der Waals surface area contributed by atoms with Crippen molar-refractivity contribution in [2.45, 2.75) is 26.3 Å². The van der Waals surface area contributed by atoms with Gasteiger partial charge in [0.1, 0.15) is 0 Å². The Kier molecular flexibility index (Phi) is 3.14. The van der Waals surface area contributed by atoms with Crippen molar-refractivity contribution in [1.29, 1.82) is 0 Å². The van der Waals surface area contributed by atoms with Crippen molar-refractivity contribution < 1.29 is 0 Å². The van der Waals surface area contributed by atoms with Gasteiger partial charge in [-0.2, -0.15) is 0 Å². The monoisotopic (exact) mass is 87.1 g/mol. The largest absolute Gasteiger partial charge is 0.317 e. The molecule has 0 unspecified atom stereocenters. The highest BCUT2D eigenvalue weighted by Crippen LogP contribution is 1.82. The molecule has 0 aliphatic heterocycles. The molecule has 6 heavy (non-hydrogen) atoms. The highest BCUT2D eigenvalue weighted by molar-refractivity contribution is 4.49. The molecule has 1 nitrogen and oxygen atoms in total. The average Bonchev–Trinajstić information content (AvgIpc) is 1.65. The maximum absolute atomic E-state index is 3.11. The van der Waals surface area contributed by atoms with Crippen LogP contribution in [0.5, 0.6) is 0 Å². The van der Waals surface area contributed by atoms with Crippen LogP contribution in [0.15, 0.2) is 0 Å². The average molecular weight is 87.2 g/mol. The zero-order valence-corrected chi connectivity index (χ0v) is 4.78. The minimum atomic E-state index is 0.685. The van der Waals surface area contributed by atoms with Crippen molar-refractivity contribution in [2.75, 3.05) is 7.05 Å². The number of nitrogens with one attached hydrogen (secondary N) is 1. The second-order valence-corrected chi connectivity index (χ2v) is 1.60. The molecule has 0 saturated carbocycles. The highest BCUT2D eigenvalue weighted by Gasteiger charge is 1.86. The van der Waals surface area contributed by atoms with E-state index < -0.39 is 0 Å². The van der Waals surface area contributed by atoms with E-state index in [0.717, 1.165) is 0 Å². The van der Waals surface area contributed by atoms with Crippen molar-refractivity contribution in [1.82, 2.24) is 5.32 Å². The van der Waals surface area contributed by atoms with Gasteiger partial charge < -0.3 is 5.32 Å². The molecule has 1 atom stereocenters. The molecule has 0 radical (unpaired) electrons. The van der Waals surface area contributed by atoms with E-state index >= 15 is 0 Å². The summed E-state index contributed by atoms with van der Waals surface area (Å²) in [5.74, 6) is 0. The summed E-state index contributed by atoms with van der Waals surface area (Å²) in [5.41, 5.74) is 0. The predicted octanol–water partition coefficient (Wildman–Crippen LogP) is 1.00. The summed E-state index contributed by atoms with van der Waals surface area (Å²) in [6, 6.07) is 0.685. The van der Waals surface area contributed by atoms with Gasteiger partial charge in [-0.1, -0.05) is 6.92 Å². The van der Waals surface area contributed by atoms with Gasteiger partial charge in [0.05, 0.1) is 0 Å². The highest BCUT2D eigenvalue weighted by atomic mass is 14.8. The van der Waals surface area contributed by atoms with E-state index in [1.165, 1.54) is 6.42 Å². The Morgan fingerprint density at radius 2 is 2.17 bits per heavy atom. The fourth-order valence-electron chi connectivity index (χ4n) is 0.204. The van der Waals surface area contributed by atoms with Crippen molar-refractivity contribution in [3.63, 3.8) is 0 Å². The molecule has 0 aliphatic carbocycles. The van der Waals surface area contributed by atoms with Crippen LogP contribution in [0.2, 0.25) is 0 Å². The van der Waals surface area contributed by atoms with Crippen LogP contribution >= 0.6 is 0 Å². The Hall–Kier alpha value is -0.0400. The topological polar surface area (TPSA) is 12.0 Å². The zero-order valence-electron chi connectivity index (χ0n) is 4.78. The van der Waals surface area contributed by atoms with Gasteiger partial charge in [0.25, 0.3) is 0 Å². The van der Waals surface area contributed by atoms with Crippen LogP contribution in [0.1, 0.15) is 20.3 Å². The third kappa shape index (κ3) is 2.21. The van der Waals surface area contributed by atoms with Crippen LogP contribution in [0.25, 0.3) is 0 Å². The van der Waals surface area contributed by atoms with E-state index in [-0.39, 0.29) is 0 Å². The molecule has 0 aromatic rings. The molecule has 0 bridgehead atoms. The number of hydrogen-bond acceptors (Lipinski definition) is 1. The smallest absolute Gasteiger partial charge is 0.00331 e. The fraction of sp³-hybridized carbons (Fsp3) is 1.00. The van der Waals surface area contributed by atoms with Gasteiger partial charge in [-0.05, 0) is 20.4 Å². The standard InChI is InChI=1S/C5H13N/c1-4-5(2)6-3/h5-6H,4H2,1-3H3/t5-/m1/s1. The summed E-state index contributed by atoms with van der Waals surface area (Å²) in [5, 5.41) is 3.11. The normalized spacial score (nSPS) is 14.5. The molecular formula is C5H13N. The molecule has 1 N–H and O–H groups in total. The summed E-state index contributed by atoms with van der Waals surface area (Å²) in [4.78, 5) is 0. The molecule has 0 fully saturated rings. The van der Waals surface area contributed by atoms with Gasteiger partial charge >= 0.3 is 0 Å². The lowest BCUT2D eigenvalue weighted by Crippen LogP contribution is -2.19. The Morgan fingerprint density at radius 1 is 1.67 bits per heavy atom. The van der Waals surface area contributed by atoms with Crippen LogP contribution in [0.3, 0.4) is 0 Å². The van der Waals surface area contributed by atoms with Crippen LogP contribution < -0.4 is 5.32 Å². The molecule has 0 spiro atoms. The third-order valence-electron chi connectivity index (χ3n) is 1.11. The van der Waals surface area contributed by atoms with E-state index in [2.05, 4.69) is 19.2 Å². The lowest BCUT2D eigenvalue weighted by atomic mass is 10.3. The predicted molar refractivity (Wildman–Crippen MR) is 28.8 cm³/mol. The van der Waals surface area contributed by atoms with Gasteiger partial charge in [0.2, 0.25) is 0 Å². The van der Waals surface area contributed by atoms with Gasteiger partial charge in [-0.25, -0.2) is 0 Å². The lowest BCUT2D eigenvalue weighted by Gasteiger charge is -2.02. The third-order valence-corrected chi connectivity index (χ3v) is 1.11. The van der Waals surface area contributed by atoms with Crippen LogP contribution in [0.4, 0.5) is 0 Å². The van der Waals surface area contributed by atoms with Crippen molar-refractivity contribution in [2.24, 2.45) is 0 Å². The Bertz CT molecular complexity index is 23.1. The van der Waals surface area contributed by atoms with Gasteiger partial charge in [0, 0.05) is 6.04 Å². The maximum atomic E-state index is 3.11. The van der Waals surface area contributed by atoms with E-state index in [1.807, 2.05) is 7.05 Å². The van der Waals surface area contributed by atoms with Crippen molar-refractivity contribution in [3.8, 4) is 0 Å². The van der Waals surface area contributed by atoms with Crippen LogP contribution in [-0.2, 0) is 0 Å². The Balaban J connectivity index is 2.75. The van der Waals surface area contributed by atoms with Gasteiger partial charge in [-0.15, -0.1) is 0 Å². The van der Waals surface area contributed by atoms with E-state index in [0.29, 0.717) is 6.04 Å². The fourth-order valence-corrected chi connectivity index (χ4v) is 0.204. The summed E-state index contributed by atoms with van der Waals surface area (Å²) in [7, 11) is 1.98. The van der Waals surface area contributed by atoms with Crippen molar-refractivity contribution in [3.05, 3.63) is 0 Å². The first-order chi connectivity index (χ1) is 2.81. The first kappa shape index (κ1) is 5.96. The van der Waals surface area contributed by atoms with Crippen LogP contribution in [0, 0.1) is 0 Å². The molecule has 0 heterocycles. The number of rotatable bonds is 2. The SMILES string of the molecule is CC[C@@H](C)NC. The van der Waals surface area contributed by atoms with E-state index in [9.17, 15) is 0 Å². The lowest BCUT2D eigenvalue weighted by molar-refractivity contribution is 0.593. The molecule has 0 rings (SSSR count). The summed E-state index contributed by atoms with van der Waals surface area (Å²) >= 11 is 0. The van der Waals surface area contributed by atoms with Gasteiger partial charge in [-0.3, -0.25) is 0 Å². The molecule has 38 valence electrons. The minimum Gasteiger partial charge on any atom is -0.317 e. The molecule has 1 heteroatoms. The van der Waals surface area contributed by atoms with E-state index in [4.69, 9.17) is 0 Å². The Labute approximate surface area is 39.7 Å². The first-order valence-electron chi connectivity index (χ1n) is 2.48. The van der Waals surface area contributed by atoms with Crippen LogP contribution in [-0.4, -0.2) is 13.1 Å². The molecular weight excluding hydrogens is 74.1 g/mol. The second kappa shape index (κ2) is 3.16. The minimum absolute atomic E-state index is 0.685. The first-order valence-corrected chi connectivity index (χ1v) is 2.48. The Morgan fingerprint density at radius 3 is 2.17 bits per heavy atom. The quantitative estimate of drug-likeness (QED) is 0.530. The van der Waals surface area contributed by atoms with E-state index in [1.54, 1.807) is 0 Å². The molecule has 0 aromatic carbocycles. The molecule has 0 aromatic heterocycles. The van der Waals surface area contributed by atoms with Crippen molar-refractivity contribution >= 4 is 0 Å². The second-order valence-electron chi connectivity index (χ2n) is 1.60. The maximum Gasteiger partial charge on any atom is 0.00331 e. The summed E-state index contributed by atoms with van der Waals surface area (Å²) in [6.45, 7) is 4.33. The summed E-state index contributed by atoms with van der Waals surface area (Å²) < 4.78 is 0. The van der Waals surface area contributed by atoms with Gasteiger partial charge in [0.15, 0.2) is 0 Å². The molecule has 0 saturated heterocycles. The number of hydrogen-bond donors (Lipinski definition) is 1.